The molecule has 2 aromatic rings. The van der Waals surface area contributed by atoms with Gasteiger partial charge in [0.25, 0.3) is 5.56 Å². The van der Waals surface area contributed by atoms with Gasteiger partial charge in [-0.25, -0.2) is 4.79 Å². The van der Waals surface area contributed by atoms with E-state index in [1.807, 2.05) is 0 Å². The fourth-order valence-corrected chi connectivity index (χ4v) is 2.18. The van der Waals surface area contributed by atoms with Crippen molar-refractivity contribution < 1.29 is 4.74 Å². The largest absolute Gasteiger partial charge is 0.496 e. The number of hydrogen-bond donors (Lipinski definition) is 0. The monoisotopic (exact) mass is 305 g/mol. The van der Waals surface area contributed by atoms with Crippen LogP contribution >= 0.6 is 11.6 Å². The Morgan fingerprint density at radius 3 is 2.71 bits per heavy atom. The van der Waals surface area contributed by atoms with E-state index in [2.05, 4.69) is 0 Å². The van der Waals surface area contributed by atoms with Crippen LogP contribution in [0.25, 0.3) is 0 Å². The third-order valence-electron chi connectivity index (χ3n) is 3.02. The minimum Gasteiger partial charge on any atom is -0.496 e. The molecular formula is C14H12ClN3O3. The van der Waals surface area contributed by atoms with Gasteiger partial charge in [-0.2, -0.15) is 5.26 Å². The maximum absolute atomic E-state index is 12.1. The summed E-state index contributed by atoms with van der Waals surface area (Å²) in [4.78, 5) is 24.2. The van der Waals surface area contributed by atoms with Gasteiger partial charge in [0.15, 0.2) is 0 Å². The number of nitrogens with zero attached hydrogens (tertiary/aromatic N) is 3. The molecule has 2 rings (SSSR count). The summed E-state index contributed by atoms with van der Waals surface area (Å²) in [5.41, 5.74) is -0.666. The summed E-state index contributed by atoms with van der Waals surface area (Å²) in [5, 5.41) is 9.41. The number of hydrogen-bond acceptors (Lipinski definition) is 4. The Kier molecular flexibility index (Phi) is 4.15. The molecule has 0 saturated heterocycles. The van der Waals surface area contributed by atoms with Crippen LogP contribution in [0.4, 0.5) is 0 Å². The molecule has 108 valence electrons. The highest BCUT2D eigenvalue weighted by molar-refractivity contribution is 6.30. The van der Waals surface area contributed by atoms with E-state index in [9.17, 15) is 9.59 Å². The van der Waals surface area contributed by atoms with E-state index in [1.54, 1.807) is 24.3 Å². The summed E-state index contributed by atoms with van der Waals surface area (Å²) in [6, 6.07) is 6.70. The summed E-state index contributed by atoms with van der Waals surface area (Å²) in [6.07, 6.45) is 1.22. The van der Waals surface area contributed by atoms with Gasteiger partial charge in [0.2, 0.25) is 0 Å². The third-order valence-corrected chi connectivity index (χ3v) is 3.26. The van der Waals surface area contributed by atoms with Crippen molar-refractivity contribution in [2.24, 2.45) is 7.05 Å². The van der Waals surface area contributed by atoms with Crippen molar-refractivity contribution in [1.29, 1.82) is 5.26 Å². The molecule has 0 amide bonds. The van der Waals surface area contributed by atoms with Crippen LogP contribution in [-0.2, 0) is 13.6 Å². The van der Waals surface area contributed by atoms with Gasteiger partial charge in [-0.15, -0.1) is 0 Å². The van der Waals surface area contributed by atoms with Crippen molar-refractivity contribution in [3.8, 4) is 11.8 Å². The predicted molar refractivity (Wildman–Crippen MR) is 77.8 cm³/mol. The number of aryl methyl sites for hydroxylation is 1. The van der Waals surface area contributed by atoms with Gasteiger partial charge in [0, 0.05) is 23.8 Å². The topological polar surface area (TPSA) is 77.0 Å². The molecule has 0 fully saturated rings. The average molecular weight is 306 g/mol. The van der Waals surface area contributed by atoms with Crippen molar-refractivity contribution in [3.63, 3.8) is 0 Å². The van der Waals surface area contributed by atoms with Crippen LogP contribution in [-0.4, -0.2) is 16.2 Å². The van der Waals surface area contributed by atoms with E-state index in [0.29, 0.717) is 16.3 Å². The molecule has 0 N–H and O–H groups in total. The number of aromatic nitrogens is 2. The lowest BCUT2D eigenvalue weighted by Gasteiger charge is -2.11. The number of benzene rings is 1. The maximum atomic E-state index is 12.1. The summed E-state index contributed by atoms with van der Waals surface area (Å²) >= 11 is 5.93. The van der Waals surface area contributed by atoms with Crippen molar-refractivity contribution >= 4 is 11.6 Å². The van der Waals surface area contributed by atoms with E-state index in [1.165, 1.54) is 24.9 Å². The van der Waals surface area contributed by atoms with E-state index >= 15 is 0 Å². The molecule has 1 aromatic carbocycles. The summed E-state index contributed by atoms with van der Waals surface area (Å²) in [6.45, 7) is -0.0231. The standard InChI is InChI=1S/C14H12ClN3O3/c1-17-7-10(6-16)13(19)18(14(17)20)8-9-5-11(15)3-4-12(9)21-2/h3-5,7H,8H2,1-2H3. The van der Waals surface area contributed by atoms with Gasteiger partial charge in [0.1, 0.15) is 17.4 Å². The number of nitriles is 1. The molecule has 1 heterocycles. The number of ether oxygens (including phenoxy) is 1. The number of halogens is 1. The summed E-state index contributed by atoms with van der Waals surface area (Å²) < 4.78 is 7.36. The first-order chi connectivity index (χ1) is 9.97. The molecule has 0 radical (unpaired) electrons. The molecular weight excluding hydrogens is 294 g/mol. The Hall–Kier alpha value is -2.52. The molecule has 6 nitrogen and oxygen atoms in total. The van der Waals surface area contributed by atoms with E-state index < -0.39 is 11.2 Å². The van der Waals surface area contributed by atoms with Gasteiger partial charge >= 0.3 is 5.69 Å². The highest BCUT2D eigenvalue weighted by Crippen LogP contribution is 2.22. The number of rotatable bonds is 3. The van der Waals surface area contributed by atoms with Crippen LogP contribution in [0.1, 0.15) is 11.1 Å². The minimum absolute atomic E-state index is 0.0231. The van der Waals surface area contributed by atoms with E-state index in [4.69, 9.17) is 21.6 Å². The lowest BCUT2D eigenvalue weighted by molar-refractivity contribution is 0.407. The molecule has 0 bridgehead atoms. The molecule has 0 spiro atoms. The number of methoxy groups -OCH3 is 1. The van der Waals surface area contributed by atoms with Crippen molar-refractivity contribution in [2.75, 3.05) is 7.11 Å². The molecule has 0 unspecified atom stereocenters. The van der Waals surface area contributed by atoms with E-state index in [-0.39, 0.29) is 12.1 Å². The molecule has 0 aliphatic carbocycles. The quantitative estimate of drug-likeness (QED) is 0.851. The van der Waals surface area contributed by atoms with Gasteiger partial charge in [-0.05, 0) is 18.2 Å². The van der Waals surface area contributed by atoms with Crippen LogP contribution in [0, 0.1) is 11.3 Å². The Balaban J connectivity index is 2.63. The van der Waals surface area contributed by atoms with Crippen molar-refractivity contribution in [2.45, 2.75) is 6.54 Å². The Labute approximate surface area is 125 Å². The lowest BCUT2D eigenvalue weighted by atomic mass is 10.2. The zero-order valence-electron chi connectivity index (χ0n) is 11.5. The third kappa shape index (κ3) is 2.83. The SMILES string of the molecule is COc1ccc(Cl)cc1Cn1c(=O)c(C#N)cn(C)c1=O. The zero-order valence-corrected chi connectivity index (χ0v) is 12.2. The van der Waals surface area contributed by atoms with Gasteiger partial charge < -0.3 is 9.30 Å². The molecule has 1 aromatic heterocycles. The van der Waals surface area contributed by atoms with Gasteiger partial charge in [0.05, 0.1) is 13.7 Å². The highest BCUT2D eigenvalue weighted by Gasteiger charge is 2.12. The second-order valence-electron chi connectivity index (χ2n) is 4.40. The average Bonchev–Trinajstić information content (AvgIpc) is 2.47. The molecule has 0 atom stereocenters. The highest BCUT2D eigenvalue weighted by atomic mass is 35.5. The first-order valence-electron chi connectivity index (χ1n) is 6.01. The van der Waals surface area contributed by atoms with E-state index in [0.717, 1.165) is 4.57 Å². The molecule has 0 saturated carbocycles. The second kappa shape index (κ2) is 5.85. The predicted octanol–water partition coefficient (Wildman–Crippen LogP) is 1.13. The Morgan fingerprint density at radius 1 is 1.38 bits per heavy atom. The summed E-state index contributed by atoms with van der Waals surface area (Å²) in [7, 11) is 2.97. The molecule has 7 heteroatoms. The molecule has 0 aliphatic rings. The van der Waals surface area contributed by atoms with Crippen LogP contribution in [0.15, 0.2) is 34.0 Å². The van der Waals surface area contributed by atoms with Crippen LogP contribution < -0.4 is 16.0 Å². The first-order valence-corrected chi connectivity index (χ1v) is 6.38. The Morgan fingerprint density at radius 2 is 2.10 bits per heavy atom. The van der Waals surface area contributed by atoms with Crippen LogP contribution in [0.2, 0.25) is 5.02 Å². The fraction of sp³-hybridized carbons (Fsp3) is 0.214. The van der Waals surface area contributed by atoms with Crippen LogP contribution in [0.3, 0.4) is 0 Å². The van der Waals surface area contributed by atoms with Crippen molar-refractivity contribution in [3.05, 3.63) is 61.4 Å². The Bertz CT molecular complexity index is 846. The van der Waals surface area contributed by atoms with Gasteiger partial charge in [-0.1, -0.05) is 11.6 Å². The first kappa shape index (κ1) is 14.9. The molecule has 21 heavy (non-hydrogen) atoms. The maximum Gasteiger partial charge on any atom is 0.331 e. The second-order valence-corrected chi connectivity index (χ2v) is 4.83. The normalized spacial score (nSPS) is 10.2. The fourth-order valence-electron chi connectivity index (χ4n) is 1.98. The summed E-state index contributed by atoms with van der Waals surface area (Å²) in [5.74, 6) is 0.510. The lowest BCUT2D eigenvalue weighted by Crippen LogP contribution is -2.40. The van der Waals surface area contributed by atoms with Crippen molar-refractivity contribution in [1.82, 2.24) is 9.13 Å². The smallest absolute Gasteiger partial charge is 0.331 e. The zero-order chi connectivity index (χ0) is 15.6. The molecule has 0 aliphatic heterocycles. The minimum atomic E-state index is -0.636. The van der Waals surface area contributed by atoms with Crippen LogP contribution in [0.5, 0.6) is 5.75 Å². The van der Waals surface area contributed by atoms with Gasteiger partial charge in [-0.3, -0.25) is 9.36 Å².